The molecule has 0 aliphatic carbocycles. The maximum absolute atomic E-state index is 13.1. The highest BCUT2D eigenvalue weighted by Crippen LogP contribution is 2.33. The normalized spacial score (nSPS) is 13.0. The van der Waals surface area contributed by atoms with Crippen molar-refractivity contribution < 1.29 is 18.7 Å². The van der Waals surface area contributed by atoms with Crippen LogP contribution < -0.4 is 9.47 Å². The van der Waals surface area contributed by atoms with Gasteiger partial charge in [-0.05, 0) is 31.2 Å². The molecule has 0 saturated carbocycles. The summed E-state index contributed by atoms with van der Waals surface area (Å²) in [7, 11) is 0. The van der Waals surface area contributed by atoms with Crippen molar-refractivity contribution in [1.29, 1.82) is 0 Å². The van der Waals surface area contributed by atoms with E-state index in [4.69, 9.17) is 37.1 Å². The minimum absolute atomic E-state index is 0.216. The van der Waals surface area contributed by atoms with Crippen molar-refractivity contribution in [3.05, 3.63) is 69.7 Å². The molecule has 0 spiro atoms. The number of pyridine rings is 1. The third-order valence-electron chi connectivity index (χ3n) is 4.92. The van der Waals surface area contributed by atoms with Gasteiger partial charge in [-0.2, -0.15) is 0 Å². The molecule has 0 amide bonds. The predicted molar refractivity (Wildman–Crippen MR) is 111 cm³/mol. The van der Waals surface area contributed by atoms with E-state index in [1.54, 1.807) is 41.4 Å². The second kappa shape index (κ2) is 7.34. The number of carbonyl (C=O) groups excluding carboxylic acids is 1. The van der Waals surface area contributed by atoms with Gasteiger partial charge < -0.3 is 18.5 Å². The van der Waals surface area contributed by atoms with E-state index >= 15 is 0 Å². The summed E-state index contributed by atoms with van der Waals surface area (Å²) in [5.74, 6) is 1.14. The zero-order valence-electron chi connectivity index (χ0n) is 15.8. The quantitative estimate of drug-likeness (QED) is 0.425. The molecule has 3 aromatic heterocycles. The van der Waals surface area contributed by atoms with Crippen molar-refractivity contribution in [2.75, 3.05) is 13.2 Å². The Labute approximate surface area is 181 Å². The monoisotopic (exact) mass is 443 g/mol. The summed E-state index contributed by atoms with van der Waals surface area (Å²) >= 11 is 12.1. The Kier molecular flexibility index (Phi) is 4.64. The van der Waals surface area contributed by atoms with E-state index in [1.165, 1.54) is 0 Å². The van der Waals surface area contributed by atoms with Gasteiger partial charge in [0.15, 0.2) is 28.0 Å². The molecular formula is C21H15Cl2N3O4. The molecule has 1 aromatic carbocycles. The van der Waals surface area contributed by atoms with Crippen LogP contribution in [0.1, 0.15) is 27.4 Å². The molecule has 5 rings (SSSR count). The fourth-order valence-electron chi connectivity index (χ4n) is 3.40. The first-order chi connectivity index (χ1) is 14.5. The van der Waals surface area contributed by atoms with Crippen LogP contribution in [0.15, 0.2) is 41.2 Å². The Morgan fingerprint density at radius 2 is 1.93 bits per heavy atom. The number of hydrogen-bond donors (Lipinski definition) is 0. The molecule has 4 aromatic rings. The average Bonchev–Trinajstić information content (AvgIpc) is 3.35. The summed E-state index contributed by atoms with van der Waals surface area (Å²) in [5, 5.41) is 1.35. The summed E-state index contributed by atoms with van der Waals surface area (Å²) in [6, 6.07) is 6.82. The van der Waals surface area contributed by atoms with Crippen LogP contribution >= 0.6 is 23.2 Å². The highest BCUT2D eigenvalue weighted by atomic mass is 35.5. The van der Waals surface area contributed by atoms with Gasteiger partial charge in [0.25, 0.3) is 0 Å². The van der Waals surface area contributed by atoms with Crippen LogP contribution in [0, 0.1) is 6.92 Å². The van der Waals surface area contributed by atoms with Crippen molar-refractivity contribution >= 4 is 40.0 Å². The van der Waals surface area contributed by atoms with Gasteiger partial charge >= 0.3 is 0 Å². The molecule has 0 fully saturated rings. The summed E-state index contributed by atoms with van der Waals surface area (Å²) in [5.41, 5.74) is 2.52. The lowest BCUT2D eigenvalue weighted by Crippen LogP contribution is -2.15. The zero-order valence-corrected chi connectivity index (χ0v) is 17.3. The van der Waals surface area contributed by atoms with Gasteiger partial charge in [0.05, 0.1) is 18.6 Å². The molecular weight excluding hydrogens is 429 g/mol. The lowest BCUT2D eigenvalue weighted by atomic mass is 10.1. The molecule has 1 aliphatic rings. The number of halogens is 2. The van der Waals surface area contributed by atoms with Crippen molar-refractivity contribution in [1.82, 2.24) is 14.5 Å². The summed E-state index contributed by atoms with van der Waals surface area (Å²) in [6.45, 7) is 3.16. The van der Waals surface area contributed by atoms with Gasteiger partial charge in [-0.1, -0.05) is 23.2 Å². The first-order valence-corrected chi connectivity index (χ1v) is 9.95. The van der Waals surface area contributed by atoms with Gasteiger partial charge in [-0.15, -0.1) is 0 Å². The largest absolute Gasteiger partial charge is 0.486 e. The molecule has 7 nitrogen and oxygen atoms in total. The highest BCUT2D eigenvalue weighted by molar-refractivity contribution is 6.40. The van der Waals surface area contributed by atoms with Crippen LogP contribution in [-0.2, 0) is 6.54 Å². The maximum atomic E-state index is 13.1. The number of imidazole rings is 1. The number of nitrogens with zero attached hydrogens (tertiary/aromatic N) is 3. The van der Waals surface area contributed by atoms with E-state index < -0.39 is 0 Å². The Balaban J connectivity index is 1.53. The van der Waals surface area contributed by atoms with Crippen LogP contribution in [-0.4, -0.2) is 33.5 Å². The van der Waals surface area contributed by atoms with Crippen molar-refractivity contribution in [2.45, 2.75) is 13.5 Å². The fourth-order valence-corrected chi connectivity index (χ4v) is 3.71. The van der Waals surface area contributed by atoms with E-state index in [2.05, 4.69) is 9.97 Å². The van der Waals surface area contributed by atoms with Gasteiger partial charge in [-0.3, -0.25) is 9.78 Å². The number of aryl methyl sites for hydroxylation is 1. The number of benzene rings is 1. The van der Waals surface area contributed by atoms with Crippen LogP contribution in [0.25, 0.3) is 11.0 Å². The number of ether oxygens (including phenoxy) is 2. The summed E-state index contributed by atoms with van der Waals surface area (Å²) in [6.07, 6.45) is 3.29. The first kappa shape index (κ1) is 19.0. The van der Waals surface area contributed by atoms with Gasteiger partial charge in [0.2, 0.25) is 5.78 Å². The Morgan fingerprint density at radius 1 is 1.13 bits per heavy atom. The van der Waals surface area contributed by atoms with E-state index in [0.29, 0.717) is 53.3 Å². The fraction of sp³-hybridized carbons (Fsp3) is 0.190. The number of ketones is 1. The van der Waals surface area contributed by atoms with Crippen LogP contribution in [0.5, 0.6) is 11.5 Å². The van der Waals surface area contributed by atoms with Gasteiger partial charge in [0, 0.05) is 22.7 Å². The molecule has 0 bridgehead atoms. The lowest BCUT2D eigenvalue weighted by Gasteiger charge is -2.18. The van der Waals surface area contributed by atoms with Gasteiger partial charge in [-0.25, -0.2) is 4.98 Å². The Hall–Kier alpha value is -3.03. The smallest absolute Gasteiger partial charge is 0.228 e. The molecule has 9 heteroatoms. The molecule has 0 unspecified atom stereocenters. The third-order valence-corrected chi connectivity index (χ3v) is 5.69. The number of furan rings is 1. The standard InChI is InChI=1S/C21H15Cl2N3O4/c1-11-19-14(13(8-24-11)9-26-10-25-20(22)21(26)23)7-17(30-19)18(27)12-2-3-15-16(6-12)29-5-4-28-15/h2-3,6-8,10H,4-5,9H2,1H3. The summed E-state index contributed by atoms with van der Waals surface area (Å²) < 4.78 is 18.7. The molecule has 0 N–H and O–H groups in total. The molecule has 1 aliphatic heterocycles. The summed E-state index contributed by atoms with van der Waals surface area (Å²) in [4.78, 5) is 21.5. The number of hydrogen-bond acceptors (Lipinski definition) is 6. The van der Waals surface area contributed by atoms with Crippen molar-refractivity contribution in [3.63, 3.8) is 0 Å². The van der Waals surface area contributed by atoms with E-state index in [9.17, 15) is 4.79 Å². The molecule has 30 heavy (non-hydrogen) atoms. The van der Waals surface area contributed by atoms with E-state index in [-0.39, 0.29) is 16.7 Å². The van der Waals surface area contributed by atoms with Crippen LogP contribution in [0.4, 0.5) is 0 Å². The third kappa shape index (κ3) is 3.20. The number of rotatable bonds is 4. The number of carbonyl (C=O) groups is 1. The first-order valence-electron chi connectivity index (χ1n) is 9.20. The van der Waals surface area contributed by atoms with Gasteiger partial charge in [0.1, 0.15) is 18.4 Å². The van der Waals surface area contributed by atoms with E-state index in [1.807, 2.05) is 6.92 Å². The maximum Gasteiger partial charge on any atom is 0.228 e. The number of fused-ring (bicyclic) bond motifs is 2. The average molecular weight is 444 g/mol. The molecule has 0 atom stereocenters. The molecule has 152 valence electrons. The predicted octanol–water partition coefficient (Wildman–Crippen LogP) is 4.69. The second-order valence-electron chi connectivity index (χ2n) is 6.86. The molecule has 0 radical (unpaired) electrons. The van der Waals surface area contributed by atoms with Crippen molar-refractivity contribution in [2.24, 2.45) is 0 Å². The van der Waals surface area contributed by atoms with Crippen LogP contribution in [0.3, 0.4) is 0 Å². The zero-order chi connectivity index (χ0) is 20.8. The SMILES string of the molecule is Cc1ncc(Cn2cnc(Cl)c2Cl)c2cc(C(=O)c3ccc4c(c3)OCCO4)oc12. The Bertz CT molecular complexity index is 1300. The Morgan fingerprint density at radius 3 is 2.70 bits per heavy atom. The minimum Gasteiger partial charge on any atom is -0.486 e. The number of aromatic nitrogens is 3. The van der Waals surface area contributed by atoms with Crippen LogP contribution in [0.2, 0.25) is 10.3 Å². The topological polar surface area (TPSA) is 79.4 Å². The lowest BCUT2D eigenvalue weighted by molar-refractivity contribution is 0.101. The molecule has 4 heterocycles. The van der Waals surface area contributed by atoms with Crippen molar-refractivity contribution in [3.8, 4) is 11.5 Å². The second-order valence-corrected chi connectivity index (χ2v) is 7.58. The molecule has 0 saturated heterocycles. The minimum atomic E-state index is -0.253. The highest BCUT2D eigenvalue weighted by Gasteiger charge is 2.21. The van der Waals surface area contributed by atoms with E-state index in [0.717, 1.165) is 10.9 Å².